The Morgan fingerprint density at radius 3 is 2.50 bits per heavy atom. The highest BCUT2D eigenvalue weighted by Crippen LogP contribution is 2.19. The summed E-state index contributed by atoms with van der Waals surface area (Å²) in [5.74, 6) is 0.899. The van der Waals surface area contributed by atoms with Crippen LogP contribution in [0.4, 0.5) is 0 Å². The largest absolute Gasteiger partial charge is 0.497 e. The minimum Gasteiger partial charge on any atom is -0.497 e. The SMILES string of the molecule is COc1ccc(C(=O)O[C@H]2C[C@@H](C)[NH+](C)C[C@H]2C)cc1. The monoisotopic (exact) mass is 278 g/mol. The van der Waals surface area contributed by atoms with Crippen molar-refractivity contribution in [3.8, 4) is 5.75 Å². The smallest absolute Gasteiger partial charge is 0.338 e. The van der Waals surface area contributed by atoms with E-state index in [-0.39, 0.29) is 12.1 Å². The molecule has 1 fully saturated rings. The quantitative estimate of drug-likeness (QED) is 0.844. The fraction of sp³-hybridized carbons (Fsp3) is 0.562. The van der Waals surface area contributed by atoms with Gasteiger partial charge in [0.25, 0.3) is 0 Å². The van der Waals surface area contributed by atoms with Gasteiger partial charge in [-0.15, -0.1) is 0 Å². The van der Waals surface area contributed by atoms with Crippen molar-refractivity contribution in [3.63, 3.8) is 0 Å². The topological polar surface area (TPSA) is 40.0 Å². The van der Waals surface area contributed by atoms with Crippen LogP contribution in [0.3, 0.4) is 0 Å². The molecule has 0 radical (unpaired) electrons. The first-order valence-electron chi connectivity index (χ1n) is 7.18. The number of methoxy groups -OCH3 is 1. The lowest BCUT2D eigenvalue weighted by molar-refractivity contribution is -0.914. The van der Waals surface area contributed by atoms with Crippen molar-refractivity contribution in [2.75, 3.05) is 20.7 Å². The van der Waals surface area contributed by atoms with E-state index in [0.717, 1.165) is 18.7 Å². The second-order valence-electron chi connectivity index (χ2n) is 5.84. The number of ether oxygens (including phenoxy) is 2. The zero-order valence-electron chi connectivity index (χ0n) is 12.7. The molecule has 1 aliphatic heterocycles. The number of carbonyl (C=O) groups is 1. The highest BCUT2D eigenvalue weighted by Gasteiger charge is 2.34. The second kappa shape index (κ2) is 6.27. The second-order valence-corrected chi connectivity index (χ2v) is 5.84. The van der Waals surface area contributed by atoms with Gasteiger partial charge < -0.3 is 14.4 Å². The number of benzene rings is 1. The number of rotatable bonds is 3. The molecule has 0 aromatic heterocycles. The Morgan fingerprint density at radius 1 is 1.25 bits per heavy atom. The summed E-state index contributed by atoms with van der Waals surface area (Å²) in [6.07, 6.45) is 0.942. The summed E-state index contributed by atoms with van der Waals surface area (Å²) in [6, 6.07) is 7.58. The van der Waals surface area contributed by atoms with Crippen LogP contribution in [-0.4, -0.2) is 38.8 Å². The molecule has 1 aromatic rings. The van der Waals surface area contributed by atoms with Crippen LogP contribution in [0, 0.1) is 5.92 Å². The molecule has 0 aliphatic carbocycles. The molecule has 4 atom stereocenters. The fourth-order valence-corrected chi connectivity index (χ4v) is 2.72. The molecule has 2 rings (SSSR count). The Balaban J connectivity index is 1.99. The molecule has 0 amide bonds. The van der Waals surface area contributed by atoms with Crippen molar-refractivity contribution in [2.45, 2.75) is 32.4 Å². The summed E-state index contributed by atoms with van der Waals surface area (Å²) in [5.41, 5.74) is 0.580. The van der Waals surface area contributed by atoms with Gasteiger partial charge in [0, 0.05) is 12.3 Å². The average molecular weight is 278 g/mol. The van der Waals surface area contributed by atoms with Gasteiger partial charge in [0.05, 0.1) is 32.3 Å². The number of quaternary nitrogens is 1. The van der Waals surface area contributed by atoms with Crippen LogP contribution in [0.2, 0.25) is 0 Å². The maximum atomic E-state index is 12.2. The molecule has 1 saturated heterocycles. The first kappa shape index (κ1) is 14.9. The minimum atomic E-state index is -0.240. The molecule has 1 aromatic carbocycles. The van der Waals surface area contributed by atoms with E-state index >= 15 is 0 Å². The molecule has 0 saturated carbocycles. The van der Waals surface area contributed by atoms with Gasteiger partial charge in [-0.3, -0.25) is 0 Å². The van der Waals surface area contributed by atoms with E-state index in [2.05, 4.69) is 20.9 Å². The molecule has 0 spiro atoms. The lowest BCUT2D eigenvalue weighted by Gasteiger charge is -2.36. The summed E-state index contributed by atoms with van der Waals surface area (Å²) in [7, 11) is 3.81. The molecule has 4 heteroatoms. The zero-order chi connectivity index (χ0) is 14.7. The molecule has 1 heterocycles. The Morgan fingerprint density at radius 2 is 1.90 bits per heavy atom. The molecular formula is C16H24NO3+. The summed E-state index contributed by atoms with van der Waals surface area (Å²) < 4.78 is 10.8. The zero-order valence-corrected chi connectivity index (χ0v) is 12.7. The molecule has 0 bridgehead atoms. The van der Waals surface area contributed by atoms with Gasteiger partial charge in [0.15, 0.2) is 0 Å². The van der Waals surface area contributed by atoms with Gasteiger partial charge in [-0.25, -0.2) is 4.79 Å². The number of carbonyl (C=O) groups excluding carboxylic acids is 1. The van der Waals surface area contributed by atoms with Crippen LogP contribution in [0.15, 0.2) is 24.3 Å². The molecule has 4 nitrogen and oxygen atoms in total. The number of likely N-dealkylation sites (tertiary alicyclic amines) is 1. The van der Waals surface area contributed by atoms with Gasteiger partial charge >= 0.3 is 5.97 Å². The number of hydrogen-bond donors (Lipinski definition) is 1. The van der Waals surface area contributed by atoms with Crippen molar-refractivity contribution in [1.29, 1.82) is 0 Å². The number of nitrogens with one attached hydrogen (secondary N) is 1. The van der Waals surface area contributed by atoms with Gasteiger partial charge in [0.1, 0.15) is 11.9 Å². The predicted octanol–water partition coefficient (Wildman–Crippen LogP) is 1.16. The molecule has 20 heavy (non-hydrogen) atoms. The standard InChI is InChI=1S/C16H23NO3/c1-11-10-17(3)12(2)9-15(11)20-16(18)13-5-7-14(19-4)8-6-13/h5-8,11-12,15H,9-10H2,1-4H3/p+1/t11-,12-,15+/m1/s1. The third-order valence-corrected chi connectivity index (χ3v) is 4.29. The highest BCUT2D eigenvalue weighted by molar-refractivity contribution is 5.89. The van der Waals surface area contributed by atoms with Crippen LogP contribution in [0.5, 0.6) is 5.75 Å². The Hall–Kier alpha value is -1.55. The van der Waals surface area contributed by atoms with Crippen LogP contribution in [0.1, 0.15) is 30.6 Å². The maximum Gasteiger partial charge on any atom is 0.338 e. The number of hydrogen-bond acceptors (Lipinski definition) is 3. The maximum absolute atomic E-state index is 12.2. The summed E-state index contributed by atoms with van der Waals surface area (Å²) >= 11 is 0. The van der Waals surface area contributed by atoms with Gasteiger partial charge in [-0.05, 0) is 31.2 Å². The minimum absolute atomic E-state index is 0.0169. The summed E-state index contributed by atoms with van der Waals surface area (Å²) in [4.78, 5) is 13.7. The van der Waals surface area contributed by atoms with Gasteiger partial charge in [0.2, 0.25) is 0 Å². The Bertz CT molecular complexity index is 457. The van der Waals surface area contributed by atoms with Crippen molar-refractivity contribution < 1.29 is 19.2 Å². The van der Waals surface area contributed by atoms with Crippen LogP contribution < -0.4 is 9.64 Å². The van der Waals surface area contributed by atoms with E-state index in [1.54, 1.807) is 31.4 Å². The Labute approximate surface area is 120 Å². The van der Waals surface area contributed by atoms with E-state index in [0.29, 0.717) is 17.5 Å². The van der Waals surface area contributed by atoms with Crippen molar-refractivity contribution in [2.24, 2.45) is 5.92 Å². The van der Waals surface area contributed by atoms with E-state index in [1.807, 2.05) is 0 Å². The van der Waals surface area contributed by atoms with E-state index in [1.165, 1.54) is 4.90 Å². The molecule has 1 N–H and O–H groups in total. The first-order valence-corrected chi connectivity index (χ1v) is 7.18. The van der Waals surface area contributed by atoms with E-state index < -0.39 is 0 Å². The lowest BCUT2D eigenvalue weighted by atomic mass is 9.92. The average Bonchev–Trinajstić information content (AvgIpc) is 2.44. The fourth-order valence-electron chi connectivity index (χ4n) is 2.72. The molecule has 1 aliphatic rings. The molecule has 1 unspecified atom stereocenters. The molecule has 110 valence electrons. The van der Waals surface area contributed by atoms with Gasteiger partial charge in [-0.1, -0.05) is 6.92 Å². The Kier molecular flexibility index (Phi) is 4.65. The predicted molar refractivity (Wildman–Crippen MR) is 77.2 cm³/mol. The van der Waals surface area contributed by atoms with Crippen molar-refractivity contribution in [1.82, 2.24) is 0 Å². The number of piperidine rings is 1. The third-order valence-electron chi connectivity index (χ3n) is 4.29. The number of esters is 1. The normalized spacial score (nSPS) is 29.8. The summed E-state index contributed by atoms with van der Waals surface area (Å²) in [6.45, 7) is 5.40. The van der Waals surface area contributed by atoms with Crippen molar-refractivity contribution >= 4 is 5.97 Å². The van der Waals surface area contributed by atoms with E-state index in [4.69, 9.17) is 9.47 Å². The lowest BCUT2D eigenvalue weighted by Crippen LogP contribution is -3.14. The van der Waals surface area contributed by atoms with Crippen LogP contribution in [-0.2, 0) is 4.74 Å². The van der Waals surface area contributed by atoms with Crippen molar-refractivity contribution in [3.05, 3.63) is 29.8 Å². The molecular weight excluding hydrogens is 254 g/mol. The van der Waals surface area contributed by atoms with Crippen LogP contribution >= 0.6 is 0 Å². The van der Waals surface area contributed by atoms with E-state index in [9.17, 15) is 4.79 Å². The third kappa shape index (κ3) is 3.31. The highest BCUT2D eigenvalue weighted by atomic mass is 16.5. The first-order chi connectivity index (χ1) is 9.51. The van der Waals surface area contributed by atoms with Gasteiger partial charge in [-0.2, -0.15) is 0 Å². The summed E-state index contributed by atoms with van der Waals surface area (Å²) in [5, 5.41) is 0. The van der Waals surface area contributed by atoms with Crippen LogP contribution in [0.25, 0.3) is 0 Å².